The van der Waals surface area contributed by atoms with Crippen molar-refractivity contribution in [3.8, 4) is 0 Å². The average molecular weight is 448 g/mol. The summed E-state index contributed by atoms with van der Waals surface area (Å²) in [6.07, 6.45) is 6.46. The smallest absolute Gasteiger partial charge is 0.191 e. The lowest BCUT2D eigenvalue weighted by Gasteiger charge is -2.10. The monoisotopic (exact) mass is 448 g/mol. The summed E-state index contributed by atoms with van der Waals surface area (Å²) in [5.74, 6) is 1.83. The summed E-state index contributed by atoms with van der Waals surface area (Å²) >= 11 is 1.78. The third-order valence-corrected chi connectivity index (χ3v) is 4.34. The minimum atomic E-state index is 0. The van der Waals surface area contributed by atoms with E-state index in [-0.39, 0.29) is 24.0 Å². The van der Waals surface area contributed by atoms with E-state index in [4.69, 9.17) is 4.42 Å². The van der Waals surface area contributed by atoms with Crippen LogP contribution >= 0.6 is 35.3 Å². The molecule has 0 fully saturated rings. The van der Waals surface area contributed by atoms with E-state index >= 15 is 0 Å². The van der Waals surface area contributed by atoms with E-state index in [1.54, 1.807) is 17.6 Å². The summed E-state index contributed by atoms with van der Waals surface area (Å²) in [7, 11) is 0. The number of nitrogens with one attached hydrogen (secondary N) is 2. The molecule has 0 spiro atoms. The average Bonchev–Trinajstić information content (AvgIpc) is 3.18. The first-order valence-electron chi connectivity index (χ1n) is 7.80. The molecule has 128 valence electrons. The van der Waals surface area contributed by atoms with Crippen LogP contribution in [0.15, 0.2) is 34.0 Å². The van der Waals surface area contributed by atoms with Crippen molar-refractivity contribution in [2.75, 3.05) is 19.6 Å². The van der Waals surface area contributed by atoms with Crippen molar-refractivity contribution in [3.05, 3.63) is 40.2 Å². The van der Waals surface area contributed by atoms with Crippen molar-refractivity contribution in [3.63, 3.8) is 0 Å². The van der Waals surface area contributed by atoms with Gasteiger partial charge in [-0.3, -0.25) is 4.99 Å². The number of furan rings is 1. The summed E-state index contributed by atoms with van der Waals surface area (Å²) in [6, 6.07) is 3.90. The van der Waals surface area contributed by atoms with Crippen LogP contribution in [0.4, 0.5) is 0 Å². The van der Waals surface area contributed by atoms with Gasteiger partial charge in [0.1, 0.15) is 5.76 Å². The van der Waals surface area contributed by atoms with E-state index in [1.807, 2.05) is 18.3 Å². The van der Waals surface area contributed by atoms with Crippen LogP contribution in [0.3, 0.4) is 0 Å². The molecular formula is C16H25IN4OS. The molecule has 2 heterocycles. The molecule has 2 aromatic heterocycles. The van der Waals surface area contributed by atoms with E-state index in [0.29, 0.717) is 0 Å². The zero-order valence-electron chi connectivity index (χ0n) is 13.7. The maximum absolute atomic E-state index is 5.32. The summed E-state index contributed by atoms with van der Waals surface area (Å²) in [4.78, 5) is 10.4. The van der Waals surface area contributed by atoms with Crippen LogP contribution in [-0.2, 0) is 19.3 Å². The van der Waals surface area contributed by atoms with Gasteiger partial charge >= 0.3 is 0 Å². The Morgan fingerprint density at radius 1 is 1.30 bits per heavy atom. The molecule has 0 radical (unpaired) electrons. The van der Waals surface area contributed by atoms with E-state index in [1.165, 1.54) is 4.88 Å². The Morgan fingerprint density at radius 3 is 2.83 bits per heavy atom. The first kappa shape index (κ1) is 20.0. The molecule has 0 aromatic carbocycles. The number of aryl methyl sites for hydroxylation is 1. The lowest BCUT2D eigenvalue weighted by molar-refractivity contribution is 0.507. The molecule has 0 atom stereocenters. The number of hydrogen-bond donors (Lipinski definition) is 2. The van der Waals surface area contributed by atoms with Gasteiger partial charge in [-0.1, -0.05) is 6.92 Å². The zero-order valence-corrected chi connectivity index (χ0v) is 16.8. The quantitative estimate of drug-likeness (QED) is 0.370. The van der Waals surface area contributed by atoms with Gasteiger partial charge in [0, 0.05) is 43.5 Å². The van der Waals surface area contributed by atoms with Gasteiger partial charge in [0.15, 0.2) is 5.96 Å². The maximum Gasteiger partial charge on any atom is 0.191 e. The molecule has 7 heteroatoms. The SMILES string of the molecule is CCNC(=NCCc1ncc(CC)s1)NCCc1ccco1.I. The molecule has 0 unspecified atom stereocenters. The first-order valence-corrected chi connectivity index (χ1v) is 8.61. The number of aliphatic imine (C=N–C) groups is 1. The van der Waals surface area contributed by atoms with Crippen LogP contribution in [0.25, 0.3) is 0 Å². The fraction of sp³-hybridized carbons (Fsp3) is 0.500. The molecule has 2 aromatic rings. The number of aromatic nitrogens is 1. The highest BCUT2D eigenvalue weighted by atomic mass is 127. The molecule has 0 bridgehead atoms. The predicted molar refractivity (Wildman–Crippen MR) is 107 cm³/mol. The van der Waals surface area contributed by atoms with Gasteiger partial charge in [0.05, 0.1) is 11.3 Å². The van der Waals surface area contributed by atoms with Crippen LogP contribution in [0.5, 0.6) is 0 Å². The number of hydrogen-bond acceptors (Lipinski definition) is 4. The second-order valence-corrected chi connectivity index (χ2v) is 6.04. The molecule has 0 aliphatic rings. The summed E-state index contributed by atoms with van der Waals surface area (Å²) in [5, 5.41) is 7.74. The van der Waals surface area contributed by atoms with Gasteiger partial charge in [0.25, 0.3) is 0 Å². The molecule has 2 rings (SSSR count). The van der Waals surface area contributed by atoms with Crippen molar-refractivity contribution in [1.29, 1.82) is 0 Å². The van der Waals surface area contributed by atoms with Crippen LogP contribution in [0, 0.1) is 0 Å². The van der Waals surface area contributed by atoms with Gasteiger partial charge in [-0.05, 0) is 25.5 Å². The van der Waals surface area contributed by atoms with Gasteiger partial charge < -0.3 is 15.1 Å². The summed E-state index contributed by atoms with van der Waals surface area (Å²) in [6.45, 7) is 6.62. The minimum absolute atomic E-state index is 0. The third kappa shape index (κ3) is 7.34. The highest BCUT2D eigenvalue weighted by Crippen LogP contribution is 2.13. The largest absolute Gasteiger partial charge is 0.469 e. The van der Waals surface area contributed by atoms with E-state index < -0.39 is 0 Å². The minimum Gasteiger partial charge on any atom is -0.469 e. The number of rotatable bonds is 8. The second kappa shape index (κ2) is 11.4. The molecule has 23 heavy (non-hydrogen) atoms. The Labute approximate surface area is 159 Å². The second-order valence-electron chi connectivity index (χ2n) is 4.84. The van der Waals surface area contributed by atoms with Crippen molar-refractivity contribution in [2.24, 2.45) is 4.99 Å². The fourth-order valence-corrected chi connectivity index (χ4v) is 2.84. The lowest BCUT2D eigenvalue weighted by Crippen LogP contribution is -2.38. The molecular weight excluding hydrogens is 423 g/mol. The lowest BCUT2D eigenvalue weighted by atomic mass is 10.3. The third-order valence-electron chi connectivity index (χ3n) is 3.13. The maximum atomic E-state index is 5.32. The number of guanidine groups is 1. The molecule has 0 saturated carbocycles. The van der Waals surface area contributed by atoms with Crippen LogP contribution in [-0.4, -0.2) is 30.6 Å². The first-order chi connectivity index (χ1) is 10.8. The van der Waals surface area contributed by atoms with Crippen molar-refractivity contribution < 1.29 is 4.42 Å². The Balaban J connectivity index is 0.00000264. The Bertz CT molecular complexity index is 568. The Hall–Kier alpha value is -1.09. The summed E-state index contributed by atoms with van der Waals surface area (Å²) < 4.78 is 5.32. The normalized spacial score (nSPS) is 11.1. The highest BCUT2D eigenvalue weighted by molar-refractivity contribution is 14.0. The van der Waals surface area contributed by atoms with Crippen molar-refractivity contribution in [1.82, 2.24) is 15.6 Å². The van der Waals surface area contributed by atoms with E-state index in [2.05, 4.69) is 34.5 Å². The number of thiazole rings is 1. The molecule has 0 amide bonds. The van der Waals surface area contributed by atoms with Gasteiger partial charge in [0.2, 0.25) is 0 Å². The topological polar surface area (TPSA) is 62.5 Å². The van der Waals surface area contributed by atoms with Crippen molar-refractivity contribution in [2.45, 2.75) is 33.1 Å². The Kier molecular flexibility index (Phi) is 9.93. The van der Waals surface area contributed by atoms with Crippen molar-refractivity contribution >= 4 is 41.3 Å². The van der Waals surface area contributed by atoms with Crippen LogP contribution in [0.2, 0.25) is 0 Å². The standard InChI is InChI=1S/C16H24N4OS.HI/c1-3-14-12-20-15(22-14)8-10-19-16(17-4-2)18-9-7-13-6-5-11-21-13;/h5-6,11-12H,3-4,7-10H2,1-2H3,(H2,17,18,19);1H. The predicted octanol–water partition coefficient (Wildman–Crippen LogP) is 3.26. The summed E-state index contributed by atoms with van der Waals surface area (Å²) in [5.41, 5.74) is 0. The number of halogens is 1. The molecule has 0 aliphatic heterocycles. The fourth-order valence-electron chi connectivity index (χ4n) is 1.99. The van der Waals surface area contributed by atoms with E-state index in [0.717, 1.165) is 55.6 Å². The molecule has 5 nitrogen and oxygen atoms in total. The Morgan fingerprint density at radius 2 is 2.17 bits per heavy atom. The van der Waals surface area contributed by atoms with E-state index in [9.17, 15) is 0 Å². The highest BCUT2D eigenvalue weighted by Gasteiger charge is 2.02. The van der Waals surface area contributed by atoms with Gasteiger partial charge in [-0.2, -0.15) is 0 Å². The van der Waals surface area contributed by atoms with Crippen LogP contribution in [0.1, 0.15) is 29.5 Å². The zero-order chi connectivity index (χ0) is 15.6. The van der Waals surface area contributed by atoms with Gasteiger partial charge in [-0.15, -0.1) is 35.3 Å². The number of nitrogens with zero attached hydrogens (tertiary/aromatic N) is 2. The van der Waals surface area contributed by atoms with Gasteiger partial charge in [-0.25, -0.2) is 4.98 Å². The molecule has 0 aliphatic carbocycles. The molecule has 0 saturated heterocycles. The van der Waals surface area contributed by atoms with Crippen LogP contribution < -0.4 is 10.6 Å². The molecule has 2 N–H and O–H groups in total.